The van der Waals surface area contributed by atoms with Gasteiger partial charge in [-0.05, 0) is 42.7 Å². The Morgan fingerprint density at radius 3 is 2.05 bits per heavy atom. The van der Waals surface area contributed by atoms with Crippen LogP contribution in [0, 0.1) is 23.4 Å². The van der Waals surface area contributed by atoms with Crippen molar-refractivity contribution >= 4 is 0 Å². The third-order valence-electron chi connectivity index (χ3n) is 7.21. The summed E-state index contributed by atoms with van der Waals surface area (Å²) in [5.74, 6) is -2.23. The Hall–Kier alpha value is -3.09. The molecular formula is C34H39F3O3. The average Bonchev–Trinajstić information content (AvgIpc) is 2.97. The number of benzene rings is 3. The Labute approximate surface area is 236 Å². The van der Waals surface area contributed by atoms with Crippen LogP contribution in [0.1, 0.15) is 70.6 Å². The summed E-state index contributed by atoms with van der Waals surface area (Å²) in [6.07, 6.45) is 11.3. The van der Waals surface area contributed by atoms with E-state index >= 15 is 4.39 Å². The molecule has 1 aliphatic heterocycles. The molecule has 40 heavy (non-hydrogen) atoms. The molecule has 3 aromatic carbocycles. The van der Waals surface area contributed by atoms with E-state index in [4.69, 9.17) is 14.2 Å². The first-order valence-corrected chi connectivity index (χ1v) is 14.4. The van der Waals surface area contributed by atoms with Crippen LogP contribution in [0.15, 0.2) is 66.7 Å². The molecule has 6 heteroatoms. The van der Waals surface area contributed by atoms with Crippen LogP contribution >= 0.6 is 0 Å². The highest BCUT2D eigenvalue weighted by atomic mass is 19.2. The molecule has 3 aromatic rings. The van der Waals surface area contributed by atoms with Crippen molar-refractivity contribution in [2.75, 3.05) is 19.8 Å². The van der Waals surface area contributed by atoms with Crippen LogP contribution < -0.4 is 4.74 Å². The van der Waals surface area contributed by atoms with Crippen molar-refractivity contribution in [1.29, 1.82) is 0 Å². The van der Waals surface area contributed by atoms with Crippen molar-refractivity contribution in [1.82, 2.24) is 0 Å². The van der Waals surface area contributed by atoms with Crippen LogP contribution in [0.25, 0.3) is 22.3 Å². The van der Waals surface area contributed by atoms with E-state index in [-0.39, 0.29) is 17.2 Å². The van der Waals surface area contributed by atoms with Gasteiger partial charge in [0.1, 0.15) is 5.82 Å². The second-order valence-electron chi connectivity index (χ2n) is 10.3. The molecule has 0 spiro atoms. The number of rotatable bonds is 13. The van der Waals surface area contributed by atoms with Crippen molar-refractivity contribution in [3.63, 3.8) is 0 Å². The van der Waals surface area contributed by atoms with E-state index in [1.165, 1.54) is 43.9 Å². The molecule has 1 saturated heterocycles. The first-order valence-electron chi connectivity index (χ1n) is 14.4. The Bertz CT molecular complexity index is 1250. The maximum Gasteiger partial charge on any atom is 0.201 e. The third kappa shape index (κ3) is 7.76. The molecule has 3 nitrogen and oxygen atoms in total. The van der Waals surface area contributed by atoms with Crippen LogP contribution in [-0.2, 0) is 9.47 Å². The largest absolute Gasteiger partial charge is 0.490 e. The lowest BCUT2D eigenvalue weighted by Gasteiger charge is -2.28. The number of hydrogen-bond donors (Lipinski definition) is 0. The highest BCUT2D eigenvalue weighted by molar-refractivity contribution is 5.71. The van der Waals surface area contributed by atoms with E-state index < -0.39 is 23.7 Å². The van der Waals surface area contributed by atoms with Crippen LogP contribution in [0.4, 0.5) is 13.2 Å². The quantitative estimate of drug-likeness (QED) is 0.156. The van der Waals surface area contributed by atoms with Crippen molar-refractivity contribution in [2.24, 2.45) is 5.92 Å². The molecule has 4 rings (SSSR count). The number of ether oxygens (including phenoxy) is 3. The number of hydrogen-bond acceptors (Lipinski definition) is 3. The molecule has 1 fully saturated rings. The minimum absolute atomic E-state index is 0.0747. The predicted molar refractivity (Wildman–Crippen MR) is 154 cm³/mol. The fraction of sp³-hybridized carbons (Fsp3) is 0.412. The van der Waals surface area contributed by atoms with E-state index in [1.54, 1.807) is 36.4 Å². The zero-order valence-electron chi connectivity index (χ0n) is 23.4. The molecule has 0 bridgehead atoms. The summed E-state index contributed by atoms with van der Waals surface area (Å²) < 4.78 is 61.7. The van der Waals surface area contributed by atoms with E-state index in [0.717, 1.165) is 19.3 Å². The zero-order chi connectivity index (χ0) is 28.3. The Balaban J connectivity index is 1.36. The SMILES string of the molecule is CC=CC1COC(c2ccc(-c3ccc(-c4ccc(OCCCCCCCCC)c(F)c4F)cc3)c(F)c2)OC1. The lowest BCUT2D eigenvalue weighted by atomic mass is 9.98. The fourth-order valence-electron chi connectivity index (χ4n) is 4.94. The highest BCUT2D eigenvalue weighted by Crippen LogP contribution is 2.33. The standard InChI is InChI=1S/C34H39F3O3/c1-3-5-6-7-8-9-10-20-38-31-19-18-29(32(36)33(31)37)26-14-12-25(13-15-26)28-17-16-27(21-30(28)35)34-39-22-24(11-4-2)23-40-34/h4,11-19,21,24,34H,3,5-10,20,22-23H2,1-2H3. The summed E-state index contributed by atoms with van der Waals surface area (Å²) in [6.45, 7) is 5.53. The van der Waals surface area contributed by atoms with Gasteiger partial charge in [0.05, 0.1) is 19.8 Å². The maximum atomic E-state index is 15.0. The first-order chi connectivity index (χ1) is 19.5. The fourth-order valence-corrected chi connectivity index (χ4v) is 4.94. The minimum Gasteiger partial charge on any atom is -0.490 e. The summed E-state index contributed by atoms with van der Waals surface area (Å²) >= 11 is 0. The highest BCUT2D eigenvalue weighted by Gasteiger charge is 2.23. The molecular weight excluding hydrogens is 513 g/mol. The topological polar surface area (TPSA) is 27.7 Å². The normalized spacial score (nSPS) is 17.4. The van der Waals surface area contributed by atoms with Crippen LogP contribution in [0.5, 0.6) is 5.75 Å². The van der Waals surface area contributed by atoms with Gasteiger partial charge in [0.25, 0.3) is 0 Å². The van der Waals surface area contributed by atoms with Gasteiger partial charge in [0, 0.05) is 22.6 Å². The molecule has 0 aliphatic carbocycles. The molecule has 0 saturated carbocycles. The lowest BCUT2D eigenvalue weighted by molar-refractivity contribution is -0.197. The van der Waals surface area contributed by atoms with Gasteiger partial charge >= 0.3 is 0 Å². The molecule has 214 valence electrons. The van der Waals surface area contributed by atoms with Crippen LogP contribution in [0.2, 0.25) is 0 Å². The van der Waals surface area contributed by atoms with Gasteiger partial charge in [0.15, 0.2) is 17.9 Å². The minimum atomic E-state index is -0.990. The van der Waals surface area contributed by atoms with Gasteiger partial charge in [-0.2, -0.15) is 4.39 Å². The lowest BCUT2D eigenvalue weighted by Crippen LogP contribution is -2.25. The third-order valence-corrected chi connectivity index (χ3v) is 7.21. The van der Waals surface area contributed by atoms with Crippen LogP contribution in [-0.4, -0.2) is 19.8 Å². The van der Waals surface area contributed by atoms with E-state index in [9.17, 15) is 8.78 Å². The number of allylic oxidation sites excluding steroid dienone is 1. The molecule has 0 amide bonds. The molecule has 1 heterocycles. The monoisotopic (exact) mass is 552 g/mol. The summed E-state index contributed by atoms with van der Waals surface area (Å²) in [6, 6.07) is 14.6. The molecule has 0 N–H and O–H groups in total. The summed E-state index contributed by atoms with van der Waals surface area (Å²) in [7, 11) is 0. The molecule has 0 unspecified atom stereocenters. The first kappa shape index (κ1) is 29.9. The van der Waals surface area contributed by atoms with Gasteiger partial charge < -0.3 is 14.2 Å². The van der Waals surface area contributed by atoms with Crippen molar-refractivity contribution in [2.45, 2.75) is 65.1 Å². The summed E-state index contributed by atoms with van der Waals surface area (Å²) in [4.78, 5) is 0. The number of unbranched alkanes of at least 4 members (excludes halogenated alkanes) is 6. The van der Waals surface area contributed by atoms with Crippen molar-refractivity contribution in [3.8, 4) is 28.0 Å². The Morgan fingerprint density at radius 2 is 1.40 bits per heavy atom. The molecule has 0 aromatic heterocycles. The van der Waals surface area contributed by atoms with E-state index in [0.29, 0.717) is 42.1 Å². The average molecular weight is 553 g/mol. The van der Waals surface area contributed by atoms with Crippen molar-refractivity contribution in [3.05, 3.63) is 89.8 Å². The zero-order valence-corrected chi connectivity index (χ0v) is 23.4. The number of halogens is 3. The molecule has 1 aliphatic rings. The Kier molecular flexibility index (Phi) is 11.2. The van der Waals surface area contributed by atoms with E-state index in [1.807, 2.05) is 19.1 Å². The van der Waals surface area contributed by atoms with Crippen LogP contribution in [0.3, 0.4) is 0 Å². The second kappa shape index (κ2) is 15.1. The van der Waals surface area contributed by atoms with Gasteiger partial charge in [-0.1, -0.05) is 94.0 Å². The Morgan fingerprint density at radius 1 is 0.775 bits per heavy atom. The van der Waals surface area contributed by atoms with Gasteiger partial charge in [0.2, 0.25) is 5.82 Å². The van der Waals surface area contributed by atoms with Crippen molar-refractivity contribution < 1.29 is 27.4 Å². The summed E-state index contributed by atoms with van der Waals surface area (Å²) in [5.41, 5.74) is 2.27. The maximum absolute atomic E-state index is 15.0. The smallest absolute Gasteiger partial charge is 0.201 e. The van der Waals surface area contributed by atoms with Gasteiger partial charge in [-0.3, -0.25) is 0 Å². The molecule has 0 atom stereocenters. The summed E-state index contributed by atoms with van der Waals surface area (Å²) in [5, 5.41) is 0. The second-order valence-corrected chi connectivity index (χ2v) is 10.3. The van der Waals surface area contributed by atoms with Gasteiger partial charge in [-0.15, -0.1) is 0 Å². The predicted octanol–water partition coefficient (Wildman–Crippen LogP) is 9.80. The molecule has 0 radical (unpaired) electrons. The van der Waals surface area contributed by atoms with Gasteiger partial charge in [-0.25, -0.2) is 8.78 Å². The van der Waals surface area contributed by atoms with E-state index in [2.05, 4.69) is 6.92 Å².